The maximum absolute atomic E-state index is 13.7. The number of halogens is 1. The van der Waals surface area contributed by atoms with Crippen molar-refractivity contribution in [1.82, 2.24) is 0 Å². The van der Waals surface area contributed by atoms with Crippen LogP contribution < -0.4 is 4.74 Å². The van der Waals surface area contributed by atoms with Crippen LogP contribution in [-0.2, 0) is 0 Å². The molecule has 0 aliphatic heterocycles. The highest BCUT2D eigenvalue weighted by molar-refractivity contribution is 5.30. The lowest BCUT2D eigenvalue weighted by molar-refractivity contribution is 0.198. The van der Waals surface area contributed by atoms with E-state index in [1.165, 1.54) is 12.1 Å². The number of nitrogens with zero attached hydrogens (tertiary/aromatic N) is 1. The Labute approximate surface area is 120 Å². The van der Waals surface area contributed by atoms with E-state index in [0.29, 0.717) is 12.2 Å². The van der Waals surface area contributed by atoms with Crippen LogP contribution >= 0.6 is 0 Å². The molecule has 3 nitrogen and oxygen atoms in total. The van der Waals surface area contributed by atoms with Crippen molar-refractivity contribution in [1.29, 1.82) is 5.26 Å². The molecule has 0 saturated carbocycles. The molecule has 1 aromatic carbocycles. The molecule has 4 heteroatoms. The maximum atomic E-state index is 13.7. The maximum Gasteiger partial charge on any atom is 0.165 e. The van der Waals surface area contributed by atoms with Gasteiger partial charge in [-0.05, 0) is 57.7 Å². The molecule has 20 heavy (non-hydrogen) atoms. The molecular formula is C16H22FNO2. The Balaban J connectivity index is 2.38. The summed E-state index contributed by atoms with van der Waals surface area (Å²) in [6.07, 6.45) is 1.76. The van der Waals surface area contributed by atoms with Gasteiger partial charge in [-0.1, -0.05) is 6.07 Å². The lowest BCUT2D eigenvalue weighted by atomic mass is 9.89. The van der Waals surface area contributed by atoms with Crippen LogP contribution in [-0.4, -0.2) is 11.7 Å². The molecule has 0 radical (unpaired) electrons. The molecule has 0 aliphatic carbocycles. The average Bonchev–Trinajstić information content (AvgIpc) is 2.39. The molecule has 0 heterocycles. The summed E-state index contributed by atoms with van der Waals surface area (Å²) in [6, 6.07) is 6.73. The quantitative estimate of drug-likeness (QED) is 0.768. The highest BCUT2D eigenvalue weighted by Crippen LogP contribution is 2.24. The first-order valence-corrected chi connectivity index (χ1v) is 6.87. The second-order valence-electron chi connectivity index (χ2n) is 5.67. The standard InChI is InChI=1S/C16H22FNO2/c1-12(19)13-6-7-15(14(17)10-13)20-9-5-4-8-16(2,3)11-18/h6-7,10,12,19H,4-5,8-9H2,1-3H3/t12-/m1/s1. The normalized spacial score (nSPS) is 12.8. The Morgan fingerprint density at radius 2 is 2.10 bits per heavy atom. The predicted octanol–water partition coefficient (Wildman–Crippen LogP) is 3.98. The van der Waals surface area contributed by atoms with Gasteiger partial charge in [0.1, 0.15) is 0 Å². The van der Waals surface area contributed by atoms with Gasteiger partial charge in [0.05, 0.1) is 24.2 Å². The first-order valence-electron chi connectivity index (χ1n) is 6.87. The van der Waals surface area contributed by atoms with Crippen LogP contribution in [0.5, 0.6) is 5.75 Å². The first kappa shape index (κ1) is 16.5. The molecule has 1 atom stereocenters. The second-order valence-corrected chi connectivity index (χ2v) is 5.67. The summed E-state index contributed by atoms with van der Waals surface area (Å²) in [4.78, 5) is 0. The van der Waals surface area contributed by atoms with Gasteiger partial charge in [0, 0.05) is 0 Å². The molecule has 1 rings (SSSR count). The molecule has 1 aromatic rings. The number of unbranched alkanes of at least 4 members (excludes halogenated alkanes) is 1. The van der Waals surface area contributed by atoms with E-state index in [9.17, 15) is 9.50 Å². The summed E-state index contributed by atoms with van der Waals surface area (Å²) in [5, 5.41) is 18.2. The second kappa shape index (κ2) is 7.25. The zero-order valence-corrected chi connectivity index (χ0v) is 12.3. The largest absolute Gasteiger partial charge is 0.491 e. The van der Waals surface area contributed by atoms with Crippen LogP contribution in [0.25, 0.3) is 0 Å². The van der Waals surface area contributed by atoms with Crippen LogP contribution in [0.15, 0.2) is 18.2 Å². The van der Waals surface area contributed by atoms with Crippen LogP contribution in [0.3, 0.4) is 0 Å². The average molecular weight is 279 g/mol. The van der Waals surface area contributed by atoms with Crippen LogP contribution in [0, 0.1) is 22.6 Å². The molecule has 0 amide bonds. The zero-order valence-electron chi connectivity index (χ0n) is 12.3. The monoisotopic (exact) mass is 279 g/mol. The van der Waals surface area contributed by atoms with Gasteiger partial charge in [0.15, 0.2) is 11.6 Å². The fourth-order valence-electron chi connectivity index (χ4n) is 1.80. The van der Waals surface area contributed by atoms with Crippen LogP contribution in [0.2, 0.25) is 0 Å². The van der Waals surface area contributed by atoms with Crippen LogP contribution in [0.4, 0.5) is 4.39 Å². The Kier molecular flexibility index (Phi) is 5.97. The predicted molar refractivity (Wildman–Crippen MR) is 75.8 cm³/mol. The first-order chi connectivity index (χ1) is 9.35. The molecule has 0 saturated heterocycles. The molecular weight excluding hydrogens is 257 g/mol. The fourth-order valence-corrected chi connectivity index (χ4v) is 1.80. The summed E-state index contributed by atoms with van der Waals surface area (Å²) in [6.45, 7) is 5.82. The van der Waals surface area contributed by atoms with Gasteiger partial charge < -0.3 is 9.84 Å². The number of aliphatic hydroxyl groups excluding tert-OH is 1. The van der Waals surface area contributed by atoms with Crippen molar-refractivity contribution < 1.29 is 14.2 Å². The van der Waals surface area contributed by atoms with E-state index in [0.717, 1.165) is 19.3 Å². The Morgan fingerprint density at radius 1 is 1.40 bits per heavy atom. The number of rotatable bonds is 7. The van der Waals surface area contributed by atoms with Crippen molar-refractivity contribution in [2.75, 3.05) is 6.61 Å². The molecule has 110 valence electrons. The van der Waals surface area contributed by atoms with Crippen molar-refractivity contribution in [2.24, 2.45) is 5.41 Å². The van der Waals surface area contributed by atoms with E-state index in [4.69, 9.17) is 10.00 Å². The number of hydrogen-bond donors (Lipinski definition) is 1. The van der Waals surface area contributed by atoms with Crippen molar-refractivity contribution in [3.63, 3.8) is 0 Å². The smallest absolute Gasteiger partial charge is 0.165 e. The molecule has 0 bridgehead atoms. The van der Waals surface area contributed by atoms with E-state index in [-0.39, 0.29) is 11.2 Å². The van der Waals surface area contributed by atoms with Gasteiger partial charge >= 0.3 is 0 Å². The summed E-state index contributed by atoms with van der Waals surface area (Å²) >= 11 is 0. The highest BCUT2D eigenvalue weighted by atomic mass is 19.1. The highest BCUT2D eigenvalue weighted by Gasteiger charge is 2.15. The summed E-state index contributed by atoms with van der Waals surface area (Å²) < 4.78 is 19.1. The van der Waals surface area contributed by atoms with E-state index in [1.54, 1.807) is 13.0 Å². The summed E-state index contributed by atoms with van der Waals surface area (Å²) in [7, 11) is 0. The van der Waals surface area contributed by atoms with Crippen LogP contribution in [0.1, 0.15) is 51.7 Å². The fraction of sp³-hybridized carbons (Fsp3) is 0.562. The molecule has 0 spiro atoms. The van der Waals surface area contributed by atoms with Gasteiger partial charge in [0.2, 0.25) is 0 Å². The minimum atomic E-state index is -0.688. The SMILES string of the molecule is C[C@@H](O)c1ccc(OCCCCC(C)(C)C#N)c(F)c1. The lowest BCUT2D eigenvalue weighted by Gasteiger charge is -2.14. The Hall–Kier alpha value is -1.60. The van der Waals surface area contributed by atoms with Crippen molar-refractivity contribution in [3.05, 3.63) is 29.6 Å². The summed E-state index contributed by atoms with van der Waals surface area (Å²) in [5.74, 6) is -0.255. The van der Waals surface area contributed by atoms with E-state index in [2.05, 4.69) is 6.07 Å². The lowest BCUT2D eigenvalue weighted by Crippen LogP contribution is -2.08. The third kappa shape index (κ3) is 5.18. The number of benzene rings is 1. The third-order valence-corrected chi connectivity index (χ3v) is 3.19. The molecule has 1 N–H and O–H groups in total. The van der Waals surface area contributed by atoms with Crippen molar-refractivity contribution >= 4 is 0 Å². The van der Waals surface area contributed by atoms with Gasteiger partial charge in [-0.3, -0.25) is 0 Å². The molecule has 0 aliphatic rings. The molecule has 0 aromatic heterocycles. The topological polar surface area (TPSA) is 53.2 Å². The number of aliphatic hydroxyl groups is 1. The Bertz CT molecular complexity index is 478. The van der Waals surface area contributed by atoms with E-state index >= 15 is 0 Å². The van der Waals surface area contributed by atoms with Gasteiger partial charge in [-0.25, -0.2) is 4.39 Å². The summed E-state index contributed by atoms with van der Waals surface area (Å²) in [5.41, 5.74) is 0.218. The molecule has 0 fully saturated rings. The minimum absolute atomic E-state index is 0.203. The Morgan fingerprint density at radius 3 is 2.65 bits per heavy atom. The molecule has 0 unspecified atom stereocenters. The number of ether oxygens (including phenoxy) is 1. The van der Waals surface area contributed by atoms with Crippen molar-refractivity contribution in [3.8, 4) is 11.8 Å². The van der Waals surface area contributed by atoms with Crippen molar-refractivity contribution in [2.45, 2.75) is 46.1 Å². The van der Waals surface area contributed by atoms with E-state index in [1.807, 2.05) is 13.8 Å². The van der Waals surface area contributed by atoms with E-state index < -0.39 is 11.9 Å². The van der Waals surface area contributed by atoms with Gasteiger partial charge in [0.25, 0.3) is 0 Å². The number of hydrogen-bond acceptors (Lipinski definition) is 3. The zero-order chi connectivity index (χ0) is 15.2. The number of nitriles is 1. The van der Waals surface area contributed by atoms with Gasteiger partial charge in [-0.2, -0.15) is 5.26 Å². The third-order valence-electron chi connectivity index (χ3n) is 3.19. The van der Waals surface area contributed by atoms with Gasteiger partial charge in [-0.15, -0.1) is 0 Å². The minimum Gasteiger partial charge on any atom is -0.491 e.